The first-order chi connectivity index (χ1) is 7.16. The van der Waals surface area contributed by atoms with Crippen molar-refractivity contribution in [1.82, 2.24) is 0 Å². The Morgan fingerprint density at radius 3 is 2.80 bits per heavy atom. The molecule has 1 aliphatic carbocycles. The Labute approximate surface area is 89.5 Å². The van der Waals surface area contributed by atoms with Crippen LogP contribution < -0.4 is 11.5 Å². The molecule has 1 aromatic carbocycles. The highest BCUT2D eigenvalue weighted by Gasteiger charge is 2.23. The van der Waals surface area contributed by atoms with Crippen molar-refractivity contribution in [2.75, 3.05) is 0 Å². The van der Waals surface area contributed by atoms with Crippen LogP contribution in [0.4, 0.5) is 0 Å². The standard InChI is InChI=1S/C12H16N2O/c13-11(7-12(14)15)10-3-1-2-9(6-10)8-4-5-8/h1-3,6,8,11H,4-5,7,13H2,(H2,14,15)/t11-/m1/s1. The quantitative estimate of drug-likeness (QED) is 0.779. The number of amides is 1. The predicted molar refractivity (Wildman–Crippen MR) is 59.2 cm³/mol. The summed E-state index contributed by atoms with van der Waals surface area (Å²) < 4.78 is 0. The monoisotopic (exact) mass is 204 g/mol. The maximum absolute atomic E-state index is 10.8. The molecule has 1 fully saturated rings. The summed E-state index contributed by atoms with van der Waals surface area (Å²) in [6.45, 7) is 0. The van der Waals surface area contributed by atoms with Gasteiger partial charge in [-0.25, -0.2) is 0 Å². The Hall–Kier alpha value is -1.35. The molecule has 2 rings (SSSR count). The Bertz CT molecular complexity index is 372. The van der Waals surface area contributed by atoms with E-state index in [0.717, 1.165) is 5.56 Å². The van der Waals surface area contributed by atoms with E-state index in [4.69, 9.17) is 11.5 Å². The fourth-order valence-corrected chi connectivity index (χ4v) is 1.79. The molecular weight excluding hydrogens is 188 g/mol. The second-order valence-electron chi connectivity index (χ2n) is 4.22. The molecule has 3 heteroatoms. The van der Waals surface area contributed by atoms with Crippen LogP contribution in [0.3, 0.4) is 0 Å². The molecule has 0 bridgehead atoms. The van der Waals surface area contributed by atoms with Crippen molar-refractivity contribution in [1.29, 1.82) is 0 Å². The number of rotatable bonds is 4. The summed E-state index contributed by atoms with van der Waals surface area (Å²) in [6.07, 6.45) is 2.76. The van der Waals surface area contributed by atoms with E-state index in [1.54, 1.807) is 0 Å². The molecule has 1 saturated carbocycles. The third kappa shape index (κ3) is 2.57. The van der Waals surface area contributed by atoms with Crippen LogP contribution in [-0.2, 0) is 4.79 Å². The van der Waals surface area contributed by atoms with Gasteiger partial charge in [0.05, 0.1) is 0 Å². The summed E-state index contributed by atoms with van der Waals surface area (Å²) in [7, 11) is 0. The summed E-state index contributed by atoms with van der Waals surface area (Å²) in [6, 6.07) is 7.92. The maximum atomic E-state index is 10.8. The molecule has 15 heavy (non-hydrogen) atoms. The maximum Gasteiger partial charge on any atom is 0.219 e. The van der Waals surface area contributed by atoms with Gasteiger partial charge in [-0.3, -0.25) is 4.79 Å². The number of hydrogen-bond acceptors (Lipinski definition) is 2. The third-order valence-corrected chi connectivity index (χ3v) is 2.81. The van der Waals surface area contributed by atoms with Gasteiger partial charge in [-0.2, -0.15) is 0 Å². The zero-order valence-corrected chi connectivity index (χ0v) is 8.65. The molecule has 0 radical (unpaired) electrons. The van der Waals surface area contributed by atoms with E-state index in [0.29, 0.717) is 5.92 Å². The van der Waals surface area contributed by atoms with Crippen LogP contribution in [-0.4, -0.2) is 5.91 Å². The van der Waals surface area contributed by atoms with Crippen molar-refractivity contribution in [3.8, 4) is 0 Å². The van der Waals surface area contributed by atoms with Gasteiger partial charge in [0, 0.05) is 12.5 Å². The molecule has 4 N–H and O–H groups in total. The van der Waals surface area contributed by atoms with Gasteiger partial charge in [0.15, 0.2) is 0 Å². The Balaban J connectivity index is 2.12. The zero-order valence-electron chi connectivity index (χ0n) is 8.65. The van der Waals surface area contributed by atoms with E-state index in [1.807, 2.05) is 12.1 Å². The van der Waals surface area contributed by atoms with Gasteiger partial charge >= 0.3 is 0 Å². The second-order valence-corrected chi connectivity index (χ2v) is 4.22. The van der Waals surface area contributed by atoms with E-state index >= 15 is 0 Å². The lowest BCUT2D eigenvalue weighted by Gasteiger charge is -2.11. The van der Waals surface area contributed by atoms with Crippen LogP contribution in [0.1, 0.15) is 42.3 Å². The molecule has 0 heterocycles. The van der Waals surface area contributed by atoms with E-state index < -0.39 is 0 Å². The Morgan fingerprint density at radius 2 is 2.20 bits per heavy atom. The average molecular weight is 204 g/mol. The van der Waals surface area contributed by atoms with Crippen LogP contribution in [0.25, 0.3) is 0 Å². The van der Waals surface area contributed by atoms with E-state index in [1.165, 1.54) is 18.4 Å². The topological polar surface area (TPSA) is 69.1 Å². The van der Waals surface area contributed by atoms with Gasteiger partial charge in [0.25, 0.3) is 0 Å². The summed E-state index contributed by atoms with van der Waals surface area (Å²) in [5.41, 5.74) is 13.4. The fraction of sp³-hybridized carbons (Fsp3) is 0.417. The highest BCUT2D eigenvalue weighted by Crippen LogP contribution is 2.40. The minimum atomic E-state index is -0.348. The summed E-state index contributed by atoms with van der Waals surface area (Å²) in [5, 5.41) is 0. The molecule has 1 aromatic rings. The first-order valence-electron chi connectivity index (χ1n) is 5.30. The first kappa shape index (κ1) is 10.2. The molecule has 0 aliphatic heterocycles. The largest absolute Gasteiger partial charge is 0.370 e. The Kier molecular flexibility index (Phi) is 2.73. The number of carbonyl (C=O) groups is 1. The molecule has 0 saturated heterocycles. The molecule has 3 nitrogen and oxygen atoms in total. The lowest BCUT2D eigenvalue weighted by Crippen LogP contribution is -2.20. The van der Waals surface area contributed by atoms with Crippen molar-refractivity contribution in [3.63, 3.8) is 0 Å². The van der Waals surface area contributed by atoms with Crippen molar-refractivity contribution < 1.29 is 4.79 Å². The van der Waals surface area contributed by atoms with Gasteiger partial charge in [-0.05, 0) is 29.9 Å². The van der Waals surface area contributed by atoms with E-state index in [2.05, 4.69) is 12.1 Å². The fourth-order valence-electron chi connectivity index (χ4n) is 1.79. The SMILES string of the molecule is NC(=O)C[C@@H](N)c1cccc(C2CC2)c1. The molecular formula is C12H16N2O. The molecule has 80 valence electrons. The molecule has 0 unspecified atom stereocenters. The first-order valence-corrected chi connectivity index (χ1v) is 5.30. The number of hydrogen-bond donors (Lipinski definition) is 2. The zero-order chi connectivity index (χ0) is 10.8. The van der Waals surface area contributed by atoms with Crippen LogP contribution >= 0.6 is 0 Å². The molecule has 0 aromatic heterocycles. The van der Waals surface area contributed by atoms with Gasteiger partial charge in [-0.1, -0.05) is 24.3 Å². The molecule has 1 aliphatic rings. The second kappa shape index (κ2) is 4.03. The number of carbonyl (C=O) groups excluding carboxylic acids is 1. The van der Waals surface area contributed by atoms with Crippen molar-refractivity contribution >= 4 is 5.91 Å². The highest BCUT2D eigenvalue weighted by atomic mass is 16.1. The molecule has 0 spiro atoms. The number of nitrogens with two attached hydrogens (primary N) is 2. The predicted octanol–water partition coefficient (Wildman–Crippen LogP) is 1.44. The highest BCUT2D eigenvalue weighted by molar-refractivity contribution is 5.74. The summed E-state index contributed by atoms with van der Waals surface area (Å²) in [4.78, 5) is 10.8. The van der Waals surface area contributed by atoms with Gasteiger partial charge in [0.1, 0.15) is 0 Å². The normalized spacial score (nSPS) is 17.4. The molecule has 1 atom stereocenters. The average Bonchev–Trinajstić information content (AvgIpc) is 3.00. The number of benzene rings is 1. The van der Waals surface area contributed by atoms with Crippen LogP contribution in [0.2, 0.25) is 0 Å². The van der Waals surface area contributed by atoms with E-state index in [9.17, 15) is 4.79 Å². The summed E-state index contributed by atoms with van der Waals surface area (Å²) >= 11 is 0. The Morgan fingerprint density at radius 1 is 1.47 bits per heavy atom. The van der Waals surface area contributed by atoms with Crippen LogP contribution in [0.5, 0.6) is 0 Å². The smallest absolute Gasteiger partial charge is 0.219 e. The third-order valence-electron chi connectivity index (χ3n) is 2.81. The van der Waals surface area contributed by atoms with E-state index in [-0.39, 0.29) is 18.4 Å². The van der Waals surface area contributed by atoms with Crippen molar-refractivity contribution in [2.24, 2.45) is 11.5 Å². The van der Waals surface area contributed by atoms with Gasteiger partial charge in [0.2, 0.25) is 5.91 Å². The molecule has 1 amide bonds. The number of primary amides is 1. The lowest BCUT2D eigenvalue weighted by atomic mass is 10.00. The lowest BCUT2D eigenvalue weighted by molar-refractivity contribution is -0.118. The van der Waals surface area contributed by atoms with Gasteiger partial charge in [-0.15, -0.1) is 0 Å². The van der Waals surface area contributed by atoms with Crippen LogP contribution in [0, 0.1) is 0 Å². The van der Waals surface area contributed by atoms with Crippen LogP contribution in [0.15, 0.2) is 24.3 Å². The van der Waals surface area contributed by atoms with Crippen molar-refractivity contribution in [2.45, 2.75) is 31.2 Å². The van der Waals surface area contributed by atoms with Gasteiger partial charge < -0.3 is 11.5 Å². The minimum Gasteiger partial charge on any atom is -0.370 e. The summed E-state index contributed by atoms with van der Waals surface area (Å²) in [5.74, 6) is 0.366. The minimum absolute atomic E-state index is 0.216. The van der Waals surface area contributed by atoms with Crippen molar-refractivity contribution in [3.05, 3.63) is 35.4 Å².